The monoisotopic (exact) mass is 254 g/mol. The maximum Gasteiger partial charge on any atom is 0.126 e. The molecule has 0 unspecified atom stereocenters. The van der Waals surface area contributed by atoms with Gasteiger partial charge in [-0.05, 0) is 57.1 Å². The van der Waals surface area contributed by atoms with Crippen molar-refractivity contribution in [3.8, 4) is 0 Å². The Bertz CT molecular complexity index is 367. The van der Waals surface area contributed by atoms with E-state index in [4.69, 9.17) is 0 Å². The van der Waals surface area contributed by atoms with E-state index in [1.807, 2.05) is 7.05 Å². The lowest BCUT2D eigenvalue weighted by atomic mass is 10.0. The van der Waals surface area contributed by atoms with Crippen LogP contribution in [-0.2, 0) is 6.42 Å². The first kappa shape index (κ1) is 13.4. The molecule has 4 heteroatoms. The first-order valence-electron chi connectivity index (χ1n) is 6.52. The average Bonchev–Trinajstić information content (AvgIpc) is 2.36. The van der Waals surface area contributed by atoms with E-state index in [2.05, 4.69) is 10.2 Å². The summed E-state index contributed by atoms with van der Waals surface area (Å²) < 4.78 is 26.1. The minimum atomic E-state index is -0.487. The number of nitrogens with zero attached hydrogens (tertiary/aromatic N) is 1. The second kappa shape index (κ2) is 6.25. The highest BCUT2D eigenvalue weighted by molar-refractivity contribution is 5.18. The van der Waals surface area contributed by atoms with Gasteiger partial charge in [0.05, 0.1) is 0 Å². The maximum atomic E-state index is 13.0. The predicted octanol–water partition coefficient (Wildman–Crippen LogP) is 2.19. The third-order valence-corrected chi connectivity index (χ3v) is 3.63. The lowest BCUT2D eigenvalue weighted by Gasteiger charge is -2.31. The van der Waals surface area contributed by atoms with Crippen LogP contribution < -0.4 is 5.32 Å². The fourth-order valence-corrected chi connectivity index (χ4v) is 2.49. The molecule has 100 valence electrons. The molecule has 2 nitrogen and oxygen atoms in total. The summed E-state index contributed by atoms with van der Waals surface area (Å²) in [5.41, 5.74) is 0.739. The van der Waals surface area contributed by atoms with Crippen molar-refractivity contribution in [2.45, 2.75) is 25.3 Å². The van der Waals surface area contributed by atoms with Crippen molar-refractivity contribution in [2.75, 3.05) is 26.7 Å². The van der Waals surface area contributed by atoms with Crippen LogP contribution in [-0.4, -0.2) is 37.6 Å². The van der Waals surface area contributed by atoms with Crippen molar-refractivity contribution >= 4 is 0 Å². The van der Waals surface area contributed by atoms with E-state index >= 15 is 0 Å². The molecule has 0 aromatic heterocycles. The van der Waals surface area contributed by atoms with Gasteiger partial charge in [0.2, 0.25) is 0 Å². The predicted molar refractivity (Wildman–Crippen MR) is 68.6 cm³/mol. The van der Waals surface area contributed by atoms with Crippen LogP contribution in [0.5, 0.6) is 0 Å². The molecule has 0 aliphatic carbocycles. The lowest BCUT2D eigenvalue weighted by molar-refractivity contribution is 0.204. The van der Waals surface area contributed by atoms with Crippen molar-refractivity contribution in [1.29, 1.82) is 0 Å². The molecule has 0 atom stereocenters. The van der Waals surface area contributed by atoms with Crippen LogP contribution in [0.25, 0.3) is 0 Å². The maximum absolute atomic E-state index is 13.0. The van der Waals surface area contributed by atoms with Crippen molar-refractivity contribution in [1.82, 2.24) is 10.2 Å². The zero-order valence-electron chi connectivity index (χ0n) is 10.8. The molecule has 0 bridgehead atoms. The zero-order valence-corrected chi connectivity index (χ0v) is 10.8. The van der Waals surface area contributed by atoms with E-state index in [0.29, 0.717) is 12.5 Å². The summed E-state index contributed by atoms with van der Waals surface area (Å²) in [5.74, 6) is -0.974. The van der Waals surface area contributed by atoms with E-state index in [0.717, 1.165) is 44.1 Å². The van der Waals surface area contributed by atoms with Crippen molar-refractivity contribution < 1.29 is 8.78 Å². The van der Waals surface area contributed by atoms with E-state index in [-0.39, 0.29) is 0 Å². The molecule has 1 aromatic rings. The number of hydrogen-bond donors (Lipinski definition) is 1. The Morgan fingerprint density at radius 2 is 1.78 bits per heavy atom. The molecule has 1 aromatic carbocycles. The van der Waals surface area contributed by atoms with Gasteiger partial charge in [-0.15, -0.1) is 0 Å². The van der Waals surface area contributed by atoms with Crippen LogP contribution in [0.1, 0.15) is 18.4 Å². The van der Waals surface area contributed by atoms with Gasteiger partial charge in [0, 0.05) is 18.7 Å². The largest absolute Gasteiger partial charge is 0.317 e. The van der Waals surface area contributed by atoms with Gasteiger partial charge in [0.25, 0.3) is 0 Å². The Labute approximate surface area is 107 Å². The summed E-state index contributed by atoms with van der Waals surface area (Å²) in [6.07, 6.45) is 3.00. The van der Waals surface area contributed by atoms with Crippen LogP contribution in [0.3, 0.4) is 0 Å². The van der Waals surface area contributed by atoms with Crippen LogP contribution in [0, 0.1) is 11.6 Å². The van der Waals surface area contributed by atoms with Gasteiger partial charge in [0.1, 0.15) is 11.6 Å². The standard InChI is InChI=1S/C14H20F2N2/c1-17-14-3-6-18(7-4-14)5-2-11-8-12(15)10-13(16)9-11/h8-10,14,17H,2-7H2,1H3. The first-order valence-corrected chi connectivity index (χ1v) is 6.52. The molecule has 1 heterocycles. The van der Waals surface area contributed by atoms with Gasteiger partial charge in [-0.25, -0.2) is 8.78 Å². The fraction of sp³-hybridized carbons (Fsp3) is 0.571. The summed E-state index contributed by atoms with van der Waals surface area (Å²) in [6, 6.07) is 4.38. The van der Waals surface area contributed by atoms with E-state index in [1.165, 1.54) is 12.1 Å². The molecule has 0 amide bonds. The minimum Gasteiger partial charge on any atom is -0.317 e. The van der Waals surface area contributed by atoms with E-state index in [9.17, 15) is 8.78 Å². The molecule has 1 aliphatic heterocycles. The Morgan fingerprint density at radius 3 is 2.33 bits per heavy atom. The number of halogens is 2. The minimum absolute atomic E-state index is 0.487. The number of nitrogens with one attached hydrogen (secondary N) is 1. The Morgan fingerprint density at radius 1 is 1.17 bits per heavy atom. The van der Waals surface area contributed by atoms with Gasteiger partial charge in [0.15, 0.2) is 0 Å². The summed E-state index contributed by atoms with van der Waals surface area (Å²) in [4.78, 5) is 2.36. The lowest BCUT2D eigenvalue weighted by Crippen LogP contribution is -2.41. The molecule has 1 fully saturated rings. The molecule has 18 heavy (non-hydrogen) atoms. The molecule has 1 saturated heterocycles. The summed E-state index contributed by atoms with van der Waals surface area (Å²) in [7, 11) is 2.00. The second-order valence-corrected chi connectivity index (χ2v) is 4.93. The Hall–Kier alpha value is -1.00. The van der Waals surface area contributed by atoms with Crippen LogP contribution >= 0.6 is 0 Å². The normalized spacial score (nSPS) is 18.2. The molecule has 0 saturated carbocycles. The number of likely N-dealkylation sites (tertiary alicyclic amines) is 1. The van der Waals surface area contributed by atoms with Gasteiger partial charge < -0.3 is 10.2 Å². The van der Waals surface area contributed by atoms with Crippen molar-refractivity contribution in [3.63, 3.8) is 0 Å². The average molecular weight is 254 g/mol. The third-order valence-electron chi connectivity index (χ3n) is 3.63. The number of rotatable bonds is 4. The molecular weight excluding hydrogens is 234 g/mol. The van der Waals surface area contributed by atoms with E-state index < -0.39 is 11.6 Å². The van der Waals surface area contributed by atoms with Crippen LogP contribution in [0.15, 0.2) is 18.2 Å². The van der Waals surface area contributed by atoms with Gasteiger partial charge in [-0.3, -0.25) is 0 Å². The third kappa shape index (κ3) is 3.75. The summed E-state index contributed by atoms with van der Waals surface area (Å²) in [5, 5.41) is 3.29. The zero-order chi connectivity index (χ0) is 13.0. The highest BCUT2D eigenvalue weighted by atomic mass is 19.1. The topological polar surface area (TPSA) is 15.3 Å². The summed E-state index contributed by atoms with van der Waals surface area (Å²) in [6.45, 7) is 2.99. The molecule has 1 N–H and O–H groups in total. The highest BCUT2D eigenvalue weighted by Gasteiger charge is 2.17. The van der Waals surface area contributed by atoms with Gasteiger partial charge in [-0.1, -0.05) is 0 Å². The quantitative estimate of drug-likeness (QED) is 0.886. The van der Waals surface area contributed by atoms with Crippen molar-refractivity contribution in [2.24, 2.45) is 0 Å². The molecule has 1 aliphatic rings. The Balaban J connectivity index is 1.81. The highest BCUT2D eigenvalue weighted by Crippen LogP contribution is 2.12. The second-order valence-electron chi connectivity index (χ2n) is 4.93. The fourth-order valence-electron chi connectivity index (χ4n) is 2.49. The molecular formula is C14H20F2N2. The van der Waals surface area contributed by atoms with Gasteiger partial charge >= 0.3 is 0 Å². The Kier molecular flexibility index (Phi) is 4.66. The summed E-state index contributed by atoms with van der Waals surface area (Å²) >= 11 is 0. The molecule has 0 radical (unpaired) electrons. The molecule has 2 rings (SSSR count). The number of benzene rings is 1. The smallest absolute Gasteiger partial charge is 0.126 e. The van der Waals surface area contributed by atoms with Crippen molar-refractivity contribution in [3.05, 3.63) is 35.4 Å². The van der Waals surface area contributed by atoms with Crippen LogP contribution in [0.4, 0.5) is 8.78 Å². The SMILES string of the molecule is CNC1CCN(CCc2cc(F)cc(F)c2)CC1. The number of piperidine rings is 1. The molecule has 0 spiro atoms. The van der Waals surface area contributed by atoms with Gasteiger partial charge in [-0.2, -0.15) is 0 Å². The van der Waals surface area contributed by atoms with E-state index in [1.54, 1.807) is 0 Å². The number of hydrogen-bond acceptors (Lipinski definition) is 2. The van der Waals surface area contributed by atoms with Crippen LogP contribution in [0.2, 0.25) is 0 Å². The first-order chi connectivity index (χ1) is 8.67.